The third kappa shape index (κ3) is 2.79. The molecule has 92 valence electrons. The molecule has 1 amide bonds. The lowest BCUT2D eigenvalue weighted by Gasteiger charge is -2.06. The van der Waals surface area contributed by atoms with Crippen LogP contribution in [0.3, 0.4) is 0 Å². The van der Waals surface area contributed by atoms with E-state index in [1.807, 2.05) is 0 Å². The molecule has 2 rings (SSSR count). The molecular formula is C14H13NO3. The summed E-state index contributed by atoms with van der Waals surface area (Å²) in [6.45, 7) is 0. The van der Waals surface area contributed by atoms with Gasteiger partial charge in [-0.3, -0.25) is 4.79 Å². The first-order chi connectivity index (χ1) is 8.69. The van der Waals surface area contributed by atoms with Crippen LogP contribution in [0, 0.1) is 0 Å². The summed E-state index contributed by atoms with van der Waals surface area (Å²) in [7, 11) is 1.59. The maximum Gasteiger partial charge on any atom is 0.255 e. The van der Waals surface area contributed by atoms with Gasteiger partial charge in [-0.15, -0.1) is 0 Å². The highest BCUT2D eigenvalue weighted by Crippen LogP contribution is 2.16. The predicted octanol–water partition coefficient (Wildman–Crippen LogP) is 2.65. The van der Waals surface area contributed by atoms with Crippen LogP contribution in [0.25, 0.3) is 0 Å². The molecule has 18 heavy (non-hydrogen) atoms. The van der Waals surface area contributed by atoms with Crippen molar-refractivity contribution in [2.75, 3.05) is 12.4 Å². The first-order valence-corrected chi connectivity index (χ1v) is 5.43. The standard InChI is InChI=1S/C14H13NO3/c1-18-13-8-4-11(5-9-13)15-14(17)10-2-6-12(16)7-3-10/h2-9,16H,1H3,(H,15,17). The summed E-state index contributed by atoms with van der Waals surface area (Å²) < 4.78 is 5.03. The molecule has 4 nitrogen and oxygen atoms in total. The lowest BCUT2D eigenvalue weighted by molar-refractivity contribution is 0.102. The molecule has 0 radical (unpaired) electrons. The summed E-state index contributed by atoms with van der Waals surface area (Å²) in [5.74, 6) is 0.647. The quantitative estimate of drug-likeness (QED) is 0.871. The Bertz CT molecular complexity index is 532. The normalized spacial score (nSPS) is 9.83. The molecule has 0 bridgehead atoms. The van der Waals surface area contributed by atoms with Crippen molar-refractivity contribution in [3.8, 4) is 11.5 Å². The minimum absolute atomic E-state index is 0.135. The van der Waals surface area contributed by atoms with Crippen LogP contribution in [0.2, 0.25) is 0 Å². The second kappa shape index (κ2) is 5.23. The Kier molecular flexibility index (Phi) is 3.48. The van der Waals surface area contributed by atoms with Crippen molar-refractivity contribution < 1.29 is 14.6 Å². The lowest BCUT2D eigenvalue weighted by Crippen LogP contribution is -2.11. The average Bonchev–Trinajstić information content (AvgIpc) is 2.40. The van der Waals surface area contributed by atoms with E-state index in [-0.39, 0.29) is 11.7 Å². The van der Waals surface area contributed by atoms with Crippen LogP contribution in [0.4, 0.5) is 5.69 Å². The Morgan fingerprint density at radius 2 is 1.67 bits per heavy atom. The number of hydrogen-bond donors (Lipinski definition) is 2. The van der Waals surface area contributed by atoms with E-state index in [1.165, 1.54) is 12.1 Å². The SMILES string of the molecule is COc1ccc(NC(=O)c2ccc(O)cc2)cc1. The average molecular weight is 243 g/mol. The van der Waals surface area contributed by atoms with Crippen molar-refractivity contribution in [2.24, 2.45) is 0 Å². The maximum atomic E-state index is 11.9. The molecule has 2 aromatic carbocycles. The molecule has 0 heterocycles. The first kappa shape index (κ1) is 12.0. The predicted molar refractivity (Wildman–Crippen MR) is 69.1 cm³/mol. The number of nitrogens with one attached hydrogen (secondary N) is 1. The Labute approximate surface area is 105 Å². The summed E-state index contributed by atoms with van der Waals surface area (Å²) in [5.41, 5.74) is 1.18. The summed E-state index contributed by atoms with van der Waals surface area (Å²) >= 11 is 0. The number of carbonyl (C=O) groups excluding carboxylic acids is 1. The first-order valence-electron chi connectivity index (χ1n) is 5.43. The number of phenols is 1. The summed E-state index contributed by atoms with van der Waals surface area (Å²) in [4.78, 5) is 11.9. The number of hydrogen-bond acceptors (Lipinski definition) is 3. The number of benzene rings is 2. The second-order valence-electron chi connectivity index (χ2n) is 3.73. The number of anilines is 1. The number of aromatic hydroxyl groups is 1. The van der Waals surface area contributed by atoms with Crippen molar-refractivity contribution in [2.45, 2.75) is 0 Å². The Morgan fingerprint density at radius 1 is 1.06 bits per heavy atom. The van der Waals surface area contributed by atoms with Crippen molar-refractivity contribution in [3.63, 3.8) is 0 Å². The van der Waals surface area contributed by atoms with Gasteiger partial charge in [-0.1, -0.05) is 0 Å². The molecule has 4 heteroatoms. The third-order valence-corrected chi connectivity index (χ3v) is 2.48. The Hall–Kier alpha value is -2.49. The summed E-state index contributed by atoms with van der Waals surface area (Å²) in [6.07, 6.45) is 0. The number of ether oxygens (including phenoxy) is 1. The number of phenolic OH excluding ortho intramolecular Hbond substituents is 1. The summed E-state index contributed by atoms with van der Waals surface area (Å²) in [5, 5.41) is 11.9. The lowest BCUT2D eigenvalue weighted by atomic mass is 10.2. The van der Waals surface area contributed by atoms with E-state index in [9.17, 15) is 4.79 Å². The van der Waals surface area contributed by atoms with Gasteiger partial charge < -0.3 is 15.2 Å². The van der Waals surface area contributed by atoms with Gasteiger partial charge in [-0.2, -0.15) is 0 Å². The molecule has 0 aromatic heterocycles. The largest absolute Gasteiger partial charge is 0.508 e. The maximum absolute atomic E-state index is 11.9. The topological polar surface area (TPSA) is 58.6 Å². The van der Waals surface area contributed by atoms with Crippen LogP contribution < -0.4 is 10.1 Å². The Morgan fingerprint density at radius 3 is 2.22 bits per heavy atom. The zero-order valence-corrected chi connectivity index (χ0v) is 9.88. The van der Waals surface area contributed by atoms with E-state index in [1.54, 1.807) is 43.5 Å². The molecule has 0 aliphatic heterocycles. The molecule has 0 saturated carbocycles. The minimum atomic E-state index is -0.222. The van der Waals surface area contributed by atoms with E-state index >= 15 is 0 Å². The fourth-order valence-corrected chi connectivity index (χ4v) is 1.49. The van der Waals surface area contributed by atoms with Gasteiger partial charge in [0.25, 0.3) is 5.91 Å². The molecule has 0 spiro atoms. The Balaban J connectivity index is 2.08. The van der Waals surface area contributed by atoms with E-state index in [4.69, 9.17) is 9.84 Å². The molecule has 0 saturated heterocycles. The fraction of sp³-hybridized carbons (Fsp3) is 0.0714. The summed E-state index contributed by atoms with van der Waals surface area (Å²) in [6, 6.07) is 13.1. The van der Waals surface area contributed by atoms with Gasteiger partial charge in [0.2, 0.25) is 0 Å². The molecule has 0 aliphatic carbocycles. The van der Waals surface area contributed by atoms with Gasteiger partial charge in [0, 0.05) is 11.3 Å². The van der Waals surface area contributed by atoms with Crippen molar-refractivity contribution in [1.29, 1.82) is 0 Å². The van der Waals surface area contributed by atoms with Crippen LogP contribution in [0.5, 0.6) is 11.5 Å². The number of rotatable bonds is 3. The molecule has 0 atom stereocenters. The van der Waals surface area contributed by atoms with Gasteiger partial charge in [0.05, 0.1) is 7.11 Å². The molecule has 0 unspecified atom stereocenters. The van der Waals surface area contributed by atoms with Crippen LogP contribution in [-0.2, 0) is 0 Å². The second-order valence-corrected chi connectivity index (χ2v) is 3.73. The van der Waals surface area contributed by atoms with E-state index in [0.29, 0.717) is 11.3 Å². The van der Waals surface area contributed by atoms with E-state index in [2.05, 4.69) is 5.32 Å². The van der Waals surface area contributed by atoms with Gasteiger partial charge in [0.1, 0.15) is 11.5 Å². The minimum Gasteiger partial charge on any atom is -0.508 e. The monoisotopic (exact) mass is 243 g/mol. The van der Waals surface area contributed by atoms with E-state index in [0.717, 1.165) is 5.75 Å². The third-order valence-electron chi connectivity index (χ3n) is 2.48. The fourth-order valence-electron chi connectivity index (χ4n) is 1.49. The molecular weight excluding hydrogens is 230 g/mol. The van der Waals surface area contributed by atoms with Crippen LogP contribution >= 0.6 is 0 Å². The van der Waals surface area contributed by atoms with Gasteiger partial charge in [0.15, 0.2) is 0 Å². The number of methoxy groups -OCH3 is 1. The van der Waals surface area contributed by atoms with Gasteiger partial charge in [-0.05, 0) is 48.5 Å². The molecule has 0 fully saturated rings. The van der Waals surface area contributed by atoms with Crippen LogP contribution in [-0.4, -0.2) is 18.1 Å². The van der Waals surface area contributed by atoms with E-state index < -0.39 is 0 Å². The van der Waals surface area contributed by atoms with Crippen molar-refractivity contribution >= 4 is 11.6 Å². The molecule has 2 N–H and O–H groups in total. The smallest absolute Gasteiger partial charge is 0.255 e. The number of amides is 1. The number of carbonyl (C=O) groups is 1. The zero-order chi connectivity index (χ0) is 13.0. The highest BCUT2D eigenvalue weighted by Gasteiger charge is 2.05. The van der Waals surface area contributed by atoms with Crippen LogP contribution in [0.1, 0.15) is 10.4 Å². The highest BCUT2D eigenvalue weighted by molar-refractivity contribution is 6.04. The van der Waals surface area contributed by atoms with Crippen molar-refractivity contribution in [1.82, 2.24) is 0 Å². The zero-order valence-electron chi connectivity index (χ0n) is 9.88. The molecule has 0 aliphatic rings. The molecule has 2 aromatic rings. The van der Waals surface area contributed by atoms with Crippen molar-refractivity contribution in [3.05, 3.63) is 54.1 Å². The van der Waals surface area contributed by atoms with Gasteiger partial charge in [-0.25, -0.2) is 0 Å². The van der Waals surface area contributed by atoms with Crippen LogP contribution in [0.15, 0.2) is 48.5 Å². The van der Waals surface area contributed by atoms with Gasteiger partial charge >= 0.3 is 0 Å². The highest BCUT2D eigenvalue weighted by atomic mass is 16.5.